The van der Waals surface area contributed by atoms with Crippen LogP contribution >= 0.6 is 0 Å². The predicted molar refractivity (Wildman–Crippen MR) is 77.1 cm³/mol. The molecule has 0 spiro atoms. The molecule has 0 aliphatic carbocycles. The van der Waals surface area contributed by atoms with Crippen LogP contribution in [0.2, 0.25) is 0 Å². The van der Waals surface area contributed by atoms with Gasteiger partial charge in [-0.25, -0.2) is 4.79 Å². The second-order valence-electron chi connectivity index (χ2n) is 5.20. The lowest BCUT2D eigenvalue weighted by molar-refractivity contribution is 0.151. The van der Waals surface area contributed by atoms with E-state index in [9.17, 15) is 4.79 Å². The lowest BCUT2D eigenvalue weighted by atomic mass is 10.1. The second-order valence-corrected chi connectivity index (χ2v) is 5.20. The maximum Gasteiger partial charge on any atom is 0.407 e. The van der Waals surface area contributed by atoms with E-state index in [1.165, 1.54) is 10.3 Å². The Labute approximate surface area is 117 Å². The van der Waals surface area contributed by atoms with Crippen LogP contribution in [0.4, 0.5) is 4.79 Å². The van der Waals surface area contributed by atoms with E-state index < -0.39 is 6.09 Å². The molecule has 2 aromatic rings. The highest BCUT2D eigenvalue weighted by atomic mass is 16.5. The second kappa shape index (κ2) is 5.41. The van der Waals surface area contributed by atoms with Crippen molar-refractivity contribution < 1.29 is 14.6 Å². The number of carbonyl (C=O) groups is 1. The molecule has 1 N–H and O–H groups in total. The molecule has 0 aromatic heterocycles. The first kappa shape index (κ1) is 12.8. The zero-order chi connectivity index (χ0) is 13.9. The van der Waals surface area contributed by atoms with Crippen molar-refractivity contribution >= 4 is 16.9 Å². The maximum absolute atomic E-state index is 10.9. The van der Waals surface area contributed by atoms with Gasteiger partial charge < -0.3 is 14.7 Å². The first-order chi connectivity index (χ1) is 9.72. The van der Waals surface area contributed by atoms with Gasteiger partial charge in [-0.1, -0.05) is 30.3 Å². The summed E-state index contributed by atoms with van der Waals surface area (Å²) in [6.07, 6.45) is 0.0399. The molecule has 1 aliphatic rings. The number of amides is 1. The van der Waals surface area contributed by atoms with E-state index in [0.717, 1.165) is 17.6 Å². The van der Waals surface area contributed by atoms with Crippen molar-refractivity contribution in [3.05, 3.63) is 42.5 Å². The van der Waals surface area contributed by atoms with Crippen LogP contribution in [0, 0.1) is 5.92 Å². The first-order valence-corrected chi connectivity index (χ1v) is 6.82. The Kier molecular flexibility index (Phi) is 3.46. The monoisotopic (exact) mass is 271 g/mol. The van der Waals surface area contributed by atoms with Gasteiger partial charge in [0.15, 0.2) is 0 Å². The van der Waals surface area contributed by atoms with E-state index in [1.54, 1.807) is 0 Å². The molecule has 1 amide bonds. The van der Waals surface area contributed by atoms with Gasteiger partial charge in [0.25, 0.3) is 0 Å². The van der Waals surface area contributed by atoms with Crippen molar-refractivity contribution in [3.63, 3.8) is 0 Å². The number of benzene rings is 2. The van der Waals surface area contributed by atoms with Gasteiger partial charge in [0.2, 0.25) is 0 Å². The van der Waals surface area contributed by atoms with Gasteiger partial charge in [-0.15, -0.1) is 0 Å². The summed E-state index contributed by atoms with van der Waals surface area (Å²) in [5, 5.41) is 11.3. The Morgan fingerprint density at radius 1 is 1.25 bits per heavy atom. The molecule has 1 fully saturated rings. The summed E-state index contributed by atoms with van der Waals surface area (Å²) < 4.78 is 5.81. The van der Waals surface area contributed by atoms with Gasteiger partial charge in [0, 0.05) is 19.0 Å². The standard InChI is InChI=1S/C16H17NO3/c18-16(19)17-8-7-12(10-17)11-20-15-6-5-13-3-1-2-4-14(13)9-15/h1-6,9,12H,7-8,10-11H2,(H,18,19). The highest BCUT2D eigenvalue weighted by Crippen LogP contribution is 2.22. The lowest BCUT2D eigenvalue weighted by Crippen LogP contribution is -2.27. The number of carboxylic acid groups (broad SMARTS) is 1. The molecule has 1 aliphatic heterocycles. The van der Waals surface area contributed by atoms with Gasteiger partial charge in [0.1, 0.15) is 5.75 Å². The fraction of sp³-hybridized carbons (Fsp3) is 0.312. The quantitative estimate of drug-likeness (QED) is 0.932. The minimum absolute atomic E-state index is 0.289. The summed E-state index contributed by atoms with van der Waals surface area (Å²) in [7, 11) is 0. The number of rotatable bonds is 3. The van der Waals surface area contributed by atoms with E-state index in [1.807, 2.05) is 30.3 Å². The smallest absolute Gasteiger partial charge is 0.407 e. The van der Waals surface area contributed by atoms with E-state index in [4.69, 9.17) is 9.84 Å². The van der Waals surface area contributed by atoms with Crippen LogP contribution in [0.15, 0.2) is 42.5 Å². The zero-order valence-electron chi connectivity index (χ0n) is 11.2. The van der Waals surface area contributed by atoms with E-state index in [2.05, 4.69) is 12.1 Å². The molecule has 0 saturated carbocycles. The van der Waals surface area contributed by atoms with Crippen molar-refractivity contribution in [1.29, 1.82) is 0 Å². The van der Waals surface area contributed by atoms with Gasteiger partial charge in [-0.05, 0) is 29.3 Å². The Bertz CT molecular complexity index is 626. The third kappa shape index (κ3) is 2.69. The molecule has 2 aromatic carbocycles. The number of fused-ring (bicyclic) bond motifs is 1. The summed E-state index contributed by atoms with van der Waals surface area (Å²) in [6, 6.07) is 14.2. The molecule has 1 atom stereocenters. The molecule has 0 radical (unpaired) electrons. The molecule has 0 bridgehead atoms. The average Bonchev–Trinajstić information content (AvgIpc) is 2.94. The van der Waals surface area contributed by atoms with E-state index >= 15 is 0 Å². The molecule has 3 rings (SSSR count). The van der Waals surface area contributed by atoms with Crippen molar-refractivity contribution in [2.75, 3.05) is 19.7 Å². The molecule has 104 valence electrons. The Morgan fingerprint density at radius 3 is 2.80 bits per heavy atom. The first-order valence-electron chi connectivity index (χ1n) is 6.82. The average molecular weight is 271 g/mol. The number of hydrogen-bond acceptors (Lipinski definition) is 2. The van der Waals surface area contributed by atoms with E-state index in [0.29, 0.717) is 19.7 Å². The normalized spacial score (nSPS) is 18.4. The summed E-state index contributed by atoms with van der Waals surface area (Å²) in [5.41, 5.74) is 0. The largest absolute Gasteiger partial charge is 0.493 e. The number of ether oxygens (including phenoxy) is 1. The minimum Gasteiger partial charge on any atom is -0.493 e. The van der Waals surface area contributed by atoms with Crippen LogP contribution in [0.1, 0.15) is 6.42 Å². The third-order valence-electron chi connectivity index (χ3n) is 3.76. The van der Waals surface area contributed by atoms with Gasteiger partial charge in [0.05, 0.1) is 6.61 Å². The van der Waals surface area contributed by atoms with Crippen LogP contribution in [-0.4, -0.2) is 35.8 Å². The summed E-state index contributed by atoms with van der Waals surface area (Å²) in [4.78, 5) is 12.3. The highest BCUT2D eigenvalue weighted by molar-refractivity contribution is 5.83. The van der Waals surface area contributed by atoms with Crippen molar-refractivity contribution in [2.24, 2.45) is 5.92 Å². The third-order valence-corrected chi connectivity index (χ3v) is 3.76. The number of hydrogen-bond donors (Lipinski definition) is 1. The molecule has 1 heterocycles. The fourth-order valence-electron chi connectivity index (χ4n) is 2.61. The van der Waals surface area contributed by atoms with E-state index in [-0.39, 0.29) is 5.92 Å². The predicted octanol–water partition coefficient (Wildman–Crippen LogP) is 3.22. The van der Waals surface area contributed by atoms with Gasteiger partial charge >= 0.3 is 6.09 Å². The summed E-state index contributed by atoms with van der Waals surface area (Å²) in [6.45, 7) is 1.76. The lowest BCUT2D eigenvalue weighted by Gasteiger charge is -2.13. The van der Waals surface area contributed by atoms with Crippen molar-refractivity contribution in [2.45, 2.75) is 6.42 Å². The molecule has 1 saturated heterocycles. The van der Waals surface area contributed by atoms with Gasteiger partial charge in [-0.2, -0.15) is 0 Å². The zero-order valence-corrected chi connectivity index (χ0v) is 11.2. The SMILES string of the molecule is O=C(O)N1CCC(COc2ccc3ccccc3c2)C1. The van der Waals surface area contributed by atoms with Crippen molar-refractivity contribution in [1.82, 2.24) is 4.90 Å². The molecular weight excluding hydrogens is 254 g/mol. The molecule has 20 heavy (non-hydrogen) atoms. The van der Waals surface area contributed by atoms with Crippen LogP contribution in [0.3, 0.4) is 0 Å². The van der Waals surface area contributed by atoms with Crippen LogP contribution in [0.5, 0.6) is 5.75 Å². The highest BCUT2D eigenvalue weighted by Gasteiger charge is 2.26. The van der Waals surface area contributed by atoms with Crippen LogP contribution in [0.25, 0.3) is 10.8 Å². The minimum atomic E-state index is -0.835. The summed E-state index contributed by atoms with van der Waals surface area (Å²) in [5.74, 6) is 1.13. The van der Waals surface area contributed by atoms with Crippen LogP contribution < -0.4 is 4.74 Å². The number of likely N-dealkylation sites (tertiary alicyclic amines) is 1. The van der Waals surface area contributed by atoms with Gasteiger partial charge in [-0.3, -0.25) is 0 Å². The Morgan fingerprint density at radius 2 is 2.05 bits per heavy atom. The van der Waals surface area contributed by atoms with Crippen LogP contribution in [-0.2, 0) is 0 Å². The molecule has 1 unspecified atom stereocenters. The Balaban J connectivity index is 1.61. The maximum atomic E-state index is 10.9. The molecule has 4 heteroatoms. The number of nitrogens with zero attached hydrogens (tertiary/aromatic N) is 1. The fourth-order valence-corrected chi connectivity index (χ4v) is 2.61. The molecular formula is C16H17NO3. The van der Waals surface area contributed by atoms with Crippen molar-refractivity contribution in [3.8, 4) is 5.75 Å². The Hall–Kier alpha value is -2.23. The topological polar surface area (TPSA) is 49.8 Å². The molecule has 4 nitrogen and oxygen atoms in total. The summed E-state index contributed by atoms with van der Waals surface area (Å²) >= 11 is 0.